The number of amides is 1. The second-order valence-corrected chi connectivity index (χ2v) is 9.91. The van der Waals surface area contributed by atoms with Gasteiger partial charge in [-0.25, -0.2) is 13.6 Å². The van der Waals surface area contributed by atoms with Crippen LogP contribution in [-0.4, -0.2) is 21.4 Å². The summed E-state index contributed by atoms with van der Waals surface area (Å²) in [4.78, 5) is 24.8. The van der Waals surface area contributed by atoms with Gasteiger partial charge in [0.05, 0.1) is 5.56 Å². The lowest BCUT2D eigenvalue weighted by molar-refractivity contribution is 0.0696. The van der Waals surface area contributed by atoms with Gasteiger partial charge in [-0.3, -0.25) is 4.79 Å². The fraction of sp³-hybridized carbons (Fsp3) is 0.0588. The number of nitrogens with one attached hydrogen (secondary N) is 1. The summed E-state index contributed by atoms with van der Waals surface area (Å²) in [6.45, 7) is 0.202. The van der Waals surface area contributed by atoms with Crippen LogP contribution in [0.5, 0.6) is 0 Å². The van der Waals surface area contributed by atoms with E-state index in [0.717, 1.165) is 44.2 Å². The third-order valence-electron chi connectivity index (χ3n) is 7.14. The number of fused-ring (bicyclic) bond motifs is 2. The van der Waals surface area contributed by atoms with Gasteiger partial charge in [0.1, 0.15) is 17.3 Å². The fourth-order valence-corrected chi connectivity index (χ4v) is 5.05. The molecule has 6 rings (SSSR count). The molecule has 0 saturated heterocycles. The van der Waals surface area contributed by atoms with E-state index in [1.54, 1.807) is 36.4 Å². The van der Waals surface area contributed by atoms with Gasteiger partial charge < -0.3 is 14.8 Å². The number of carbonyl (C=O) groups is 2. The first-order valence-corrected chi connectivity index (χ1v) is 13.0. The maximum Gasteiger partial charge on any atom is 0.335 e. The van der Waals surface area contributed by atoms with Gasteiger partial charge in [0.2, 0.25) is 0 Å². The molecule has 1 amide bonds. The Balaban J connectivity index is 1.37. The fourth-order valence-electron chi connectivity index (χ4n) is 5.05. The average molecular weight is 547 g/mol. The van der Waals surface area contributed by atoms with Crippen molar-refractivity contribution in [3.63, 3.8) is 0 Å². The van der Waals surface area contributed by atoms with Gasteiger partial charge in [0.15, 0.2) is 0 Å². The quantitative estimate of drug-likeness (QED) is 0.221. The molecular weight excluding hydrogens is 522 g/mol. The predicted molar refractivity (Wildman–Crippen MR) is 154 cm³/mol. The van der Waals surface area contributed by atoms with Crippen molar-refractivity contribution in [3.05, 3.63) is 149 Å². The van der Waals surface area contributed by atoms with E-state index >= 15 is 0 Å². The minimum absolute atomic E-state index is 0.169. The number of rotatable bonds is 7. The Hall–Kier alpha value is -5.30. The molecule has 0 radical (unpaired) electrons. The summed E-state index contributed by atoms with van der Waals surface area (Å²) in [5, 5.41) is 13.8. The van der Waals surface area contributed by atoms with Crippen LogP contribution in [-0.2, 0) is 13.0 Å². The molecule has 0 unspecified atom stereocenters. The number of pyridine rings is 1. The number of hydrogen-bond donors (Lipinski definition) is 2. The summed E-state index contributed by atoms with van der Waals surface area (Å²) in [7, 11) is 0. The second-order valence-electron chi connectivity index (χ2n) is 9.91. The van der Waals surface area contributed by atoms with Crippen molar-refractivity contribution in [1.82, 2.24) is 9.72 Å². The van der Waals surface area contributed by atoms with Crippen LogP contribution in [0.4, 0.5) is 8.78 Å². The number of aromatic nitrogens is 1. The lowest BCUT2D eigenvalue weighted by Crippen LogP contribution is -2.25. The van der Waals surface area contributed by atoms with Crippen molar-refractivity contribution < 1.29 is 23.5 Å². The molecular formula is C34H24F2N2O3. The summed E-state index contributed by atoms with van der Waals surface area (Å²) in [6.07, 6.45) is 0.507. The number of halogens is 2. The van der Waals surface area contributed by atoms with Crippen molar-refractivity contribution in [2.45, 2.75) is 13.0 Å². The minimum Gasteiger partial charge on any atom is -0.478 e. The third kappa shape index (κ3) is 5.43. The Kier molecular flexibility index (Phi) is 6.77. The Morgan fingerprint density at radius 3 is 2.15 bits per heavy atom. The summed E-state index contributed by atoms with van der Waals surface area (Å²) >= 11 is 0. The van der Waals surface area contributed by atoms with Gasteiger partial charge in [-0.05, 0) is 93.7 Å². The molecule has 0 spiro atoms. The molecule has 0 bridgehead atoms. The molecule has 2 N–H and O–H groups in total. The maximum atomic E-state index is 13.9. The first-order chi connectivity index (χ1) is 19.8. The molecule has 7 heteroatoms. The topological polar surface area (TPSA) is 70.8 Å². The molecule has 0 aliphatic rings. The van der Waals surface area contributed by atoms with E-state index in [-0.39, 0.29) is 29.6 Å². The number of benzene rings is 4. The van der Waals surface area contributed by atoms with Gasteiger partial charge in [-0.2, -0.15) is 0 Å². The number of hydrogen-bond acceptors (Lipinski definition) is 2. The van der Waals surface area contributed by atoms with Crippen LogP contribution in [0, 0.1) is 11.6 Å². The van der Waals surface area contributed by atoms with Crippen molar-refractivity contribution in [2.24, 2.45) is 0 Å². The number of carboxylic acids is 1. The van der Waals surface area contributed by atoms with Crippen LogP contribution in [0.3, 0.4) is 0 Å². The summed E-state index contributed by atoms with van der Waals surface area (Å²) in [5.74, 6) is -1.98. The van der Waals surface area contributed by atoms with Gasteiger partial charge in [-0.15, -0.1) is 0 Å². The monoisotopic (exact) mass is 546 g/mol. The lowest BCUT2D eigenvalue weighted by Gasteiger charge is -2.14. The largest absolute Gasteiger partial charge is 0.478 e. The van der Waals surface area contributed by atoms with Gasteiger partial charge in [0, 0.05) is 24.2 Å². The third-order valence-corrected chi connectivity index (χ3v) is 7.14. The number of nitrogens with zero attached hydrogens (tertiary/aromatic N) is 1. The van der Waals surface area contributed by atoms with Crippen LogP contribution in [0.25, 0.3) is 27.4 Å². The standard InChI is InChI=1S/C34H24F2N2O3/c35-28-10-7-24(8-11-28)27-18-31-14-13-30(16-22-3-4-23-9-12-29(36)17-26(23)15-22)38(31)32(19-27)33(39)37-20-21-1-5-25(6-2-21)34(40)41/h1-15,17-19H,16,20H2,(H,37,39)(H,40,41). The van der Waals surface area contributed by atoms with Gasteiger partial charge >= 0.3 is 5.97 Å². The summed E-state index contributed by atoms with van der Waals surface area (Å²) in [5.41, 5.74) is 5.49. The predicted octanol–water partition coefficient (Wildman–Crippen LogP) is 7.26. The smallest absolute Gasteiger partial charge is 0.335 e. The zero-order chi connectivity index (χ0) is 28.5. The Bertz CT molecular complexity index is 1930. The highest BCUT2D eigenvalue weighted by Crippen LogP contribution is 2.27. The zero-order valence-corrected chi connectivity index (χ0v) is 21.8. The van der Waals surface area contributed by atoms with Crippen molar-refractivity contribution >= 4 is 28.2 Å². The SMILES string of the molecule is O=C(O)c1ccc(CNC(=O)c2cc(-c3ccc(F)cc3)cc3ccc(Cc4ccc5ccc(F)cc5c4)n23)cc1. The minimum atomic E-state index is -1.02. The molecule has 41 heavy (non-hydrogen) atoms. The number of carboxylic acid groups (broad SMARTS) is 1. The highest BCUT2D eigenvalue weighted by atomic mass is 19.1. The maximum absolute atomic E-state index is 13.9. The molecule has 2 aromatic heterocycles. The highest BCUT2D eigenvalue weighted by molar-refractivity contribution is 5.95. The Morgan fingerprint density at radius 1 is 0.683 bits per heavy atom. The second kappa shape index (κ2) is 10.7. The van der Waals surface area contributed by atoms with Crippen LogP contribution >= 0.6 is 0 Å². The molecule has 0 saturated carbocycles. The van der Waals surface area contributed by atoms with Crippen LogP contribution < -0.4 is 5.32 Å². The van der Waals surface area contributed by atoms with E-state index in [1.165, 1.54) is 36.4 Å². The number of carbonyl (C=O) groups excluding carboxylic acids is 1. The first-order valence-electron chi connectivity index (χ1n) is 13.0. The normalized spacial score (nSPS) is 11.2. The van der Waals surface area contributed by atoms with E-state index < -0.39 is 5.97 Å². The molecule has 202 valence electrons. The van der Waals surface area contributed by atoms with Crippen LogP contribution in [0.1, 0.15) is 37.7 Å². The Labute approximate surface area is 234 Å². The molecule has 4 aromatic carbocycles. The average Bonchev–Trinajstić information content (AvgIpc) is 3.38. The van der Waals surface area contributed by atoms with Crippen LogP contribution in [0.2, 0.25) is 0 Å². The Morgan fingerprint density at radius 2 is 1.39 bits per heavy atom. The van der Waals surface area contributed by atoms with Gasteiger partial charge in [-0.1, -0.05) is 48.5 Å². The molecule has 0 aliphatic heterocycles. The van der Waals surface area contributed by atoms with Crippen molar-refractivity contribution in [1.29, 1.82) is 0 Å². The molecule has 0 fully saturated rings. The van der Waals surface area contributed by atoms with Crippen molar-refractivity contribution in [3.8, 4) is 11.1 Å². The molecule has 0 aliphatic carbocycles. The molecule has 5 nitrogen and oxygen atoms in total. The van der Waals surface area contributed by atoms with Crippen molar-refractivity contribution in [2.75, 3.05) is 0 Å². The molecule has 2 heterocycles. The first kappa shape index (κ1) is 26.0. The van der Waals surface area contributed by atoms with Crippen LogP contribution in [0.15, 0.2) is 109 Å². The van der Waals surface area contributed by atoms with E-state index in [2.05, 4.69) is 5.32 Å². The molecule has 6 aromatic rings. The summed E-state index contributed by atoms with van der Waals surface area (Å²) < 4.78 is 29.3. The van der Waals surface area contributed by atoms with E-state index in [0.29, 0.717) is 12.1 Å². The number of aromatic carboxylic acids is 1. The summed E-state index contributed by atoms with van der Waals surface area (Å²) in [6, 6.07) is 30.6. The van der Waals surface area contributed by atoms with E-state index in [1.807, 2.05) is 40.8 Å². The van der Waals surface area contributed by atoms with E-state index in [9.17, 15) is 18.4 Å². The zero-order valence-electron chi connectivity index (χ0n) is 21.8. The van der Waals surface area contributed by atoms with Gasteiger partial charge in [0.25, 0.3) is 5.91 Å². The highest BCUT2D eigenvalue weighted by Gasteiger charge is 2.17. The lowest BCUT2D eigenvalue weighted by atomic mass is 10.0. The van der Waals surface area contributed by atoms with E-state index in [4.69, 9.17) is 5.11 Å². The molecule has 0 atom stereocenters.